The molecule has 2 rings (SSSR count). The minimum absolute atomic E-state index is 0.0440. The number of unbranched alkanes of at least 4 members (excludes halogenated alkanes) is 1. The van der Waals surface area contributed by atoms with Crippen LogP contribution in [0, 0.1) is 5.82 Å². The summed E-state index contributed by atoms with van der Waals surface area (Å²) in [6.45, 7) is 1.76. The van der Waals surface area contributed by atoms with Crippen molar-refractivity contribution in [2.24, 2.45) is 0 Å². The van der Waals surface area contributed by atoms with E-state index in [9.17, 15) is 12.8 Å². The highest BCUT2D eigenvalue weighted by atomic mass is 35.5. The first kappa shape index (κ1) is 16.7. The minimum Gasteiger partial charge on any atom is -0.392 e. The Hall–Kier alpha value is -0.690. The van der Waals surface area contributed by atoms with E-state index >= 15 is 0 Å². The van der Waals surface area contributed by atoms with Crippen molar-refractivity contribution in [3.63, 3.8) is 0 Å². The van der Waals surface area contributed by atoms with Crippen LogP contribution >= 0.6 is 11.6 Å². The summed E-state index contributed by atoms with van der Waals surface area (Å²) in [5, 5.41) is 9.23. The Bertz CT molecular complexity index is 617. The van der Waals surface area contributed by atoms with Crippen molar-refractivity contribution < 1.29 is 17.9 Å². The molecule has 0 atom stereocenters. The third-order valence-electron chi connectivity index (χ3n) is 3.52. The maximum absolute atomic E-state index is 14.3. The Labute approximate surface area is 129 Å². The van der Waals surface area contributed by atoms with Gasteiger partial charge in [0.05, 0.1) is 6.61 Å². The number of aliphatic hydroxyl groups is 1. The SMILES string of the molecule is CCCCN(C1CC1)S(=O)(=O)c1cc(Cl)cc(CO)c1F. The molecule has 0 saturated heterocycles. The molecule has 0 unspecified atom stereocenters. The molecule has 21 heavy (non-hydrogen) atoms. The first-order valence-electron chi connectivity index (χ1n) is 7.02. The maximum Gasteiger partial charge on any atom is 0.246 e. The lowest BCUT2D eigenvalue weighted by Gasteiger charge is -2.22. The van der Waals surface area contributed by atoms with Crippen LogP contribution in [0.5, 0.6) is 0 Å². The largest absolute Gasteiger partial charge is 0.392 e. The zero-order valence-corrected chi connectivity index (χ0v) is 13.4. The van der Waals surface area contributed by atoms with Crippen LogP contribution in [-0.2, 0) is 16.6 Å². The summed E-state index contributed by atoms with van der Waals surface area (Å²) in [6.07, 6.45) is 3.19. The minimum atomic E-state index is -3.93. The molecule has 118 valence electrons. The summed E-state index contributed by atoms with van der Waals surface area (Å²) >= 11 is 5.85. The molecular weight excluding hydrogens is 317 g/mol. The zero-order chi connectivity index (χ0) is 15.6. The third kappa shape index (κ3) is 3.56. The van der Waals surface area contributed by atoms with Crippen molar-refractivity contribution in [1.82, 2.24) is 4.31 Å². The van der Waals surface area contributed by atoms with Gasteiger partial charge in [0.1, 0.15) is 10.7 Å². The van der Waals surface area contributed by atoms with E-state index in [2.05, 4.69) is 0 Å². The first-order valence-corrected chi connectivity index (χ1v) is 8.84. The fourth-order valence-electron chi connectivity index (χ4n) is 2.22. The Kier molecular flexibility index (Phi) is 5.24. The van der Waals surface area contributed by atoms with Gasteiger partial charge in [-0.05, 0) is 31.4 Å². The van der Waals surface area contributed by atoms with E-state index in [4.69, 9.17) is 16.7 Å². The first-order chi connectivity index (χ1) is 9.91. The smallest absolute Gasteiger partial charge is 0.246 e. The van der Waals surface area contributed by atoms with Crippen LogP contribution in [0.1, 0.15) is 38.2 Å². The van der Waals surface area contributed by atoms with Gasteiger partial charge in [-0.25, -0.2) is 12.8 Å². The van der Waals surface area contributed by atoms with E-state index in [1.54, 1.807) is 0 Å². The van der Waals surface area contributed by atoms with Crippen LogP contribution in [0.15, 0.2) is 17.0 Å². The highest BCUT2D eigenvalue weighted by Crippen LogP contribution is 2.34. The fourth-order valence-corrected chi connectivity index (χ4v) is 4.39. The lowest BCUT2D eigenvalue weighted by atomic mass is 10.2. The van der Waals surface area contributed by atoms with Gasteiger partial charge < -0.3 is 5.11 Å². The predicted molar refractivity (Wildman–Crippen MR) is 79.2 cm³/mol. The molecule has 0 aliphatic heterocycles. The van der Waals surface area contributed by atoms with Gasteiger partial charge in [-0.1, -0.05) is 24.9 Å². The molecule has 0 radical (unpaired) electrons. The molecule has 1 aliphatic carbocycles. The molecule has 7 heteroatoms. The Morgan fingerprint density at radius 1 is 1.43 bits per heavy atom. The van der Waals surface area contributed by atoms with Crippen LogP contribution in [0.2, 0.25) is 5.02 Å². The van der Waals surface area contributed by atoms with Crippen LogP contribution in [0.4, 0.5) is 4.39 Å². The van der Waals surface area contributed by atoms with Crippen LogP contribution in [-0.4, -0.2) is 30.4 Å². The van der Waals surface area contributed by atoms with Gasteiger partial charge >= 0.3 is 0 Å². The number of nitrogens with zero attached hydrogens (tertiary/aromatic N) is 1. The normalized spacial score (nSPS) is 15.7. The van der Waals surface area contributed by atoms with E-state index in [1.165, 1.54) is 10.4 Å². The van der Waals surface area contributed by atoms with E-state index in [0.717, 1.165) is 31.7 Å². The second-order valence-electron chi connectivity index (χ2n) is 5.24. The quantitative estimate of drug-likeness (QED) is 0.833. The van der Waals surface area contributed by atoms with Crippen molar-refractivity contribution in [2.45, 2.75) is 50.2 Å². The molecule has 1 aromatic rings. The van der Waals surface area contributed by atoms with E-state index in [1.807, 2.05) is 6.92 Å². The van der Waals surface area contributed by atoms with Crippen molar-refractivity contribution in [3.05, 3.63) is 28.5 Å². The summed E-state index contributed by atoms with van der Waals surface area (Å²) in [5.74, 6) is -0.913. The van der Waals surface area contributed by atoms with E-state index in [0.29, 0.717) is 6.54 Å². The van der Waals surface area contributed by atoms with Crippen LogP contribution in [0.3, 0.4) is 0 Å². The number of hydrogen-bond acceptors (Lipinski definition) is 3. The van der Waals surface area contributed by atoms with Gasteiger partial charge in [0.15, 0.2) is 0 Å². The molecule has 0 aromatic heterocycles. The Morgan fingerprint density at radius 3 is 2.62 bits per heavy atom. The van der Waals surface area contributed by atoms with Gasteiger partial charge in [0, 0.05) is 23.2 Å². The Balaban J connectivity index is 2.44. The summed E-state index contributed by atoms with van der Waals surface area (Å²) in [5.41, 5.74) is -0.104. The zero-order valence-electron chi connectivity index (χ0n) is 11.8. The van der Waals surface area contributed by atoms with Gasteiger partial charge in [-0.3, -0.25) is 0 Å². The second kappa shape index (κ2) is 6.60. The van der Waals surface area contributed by atoms with Gasteiger partial charge in [-0.15, -0.1) is 0 Å². The van der Waals surface area contributed by atoms with Gasteiger partial charge in [-0.2, -0.15) is 4.31 Å². The van der Waals surface area contributed by atoms with Gasteiger partial charge in [0.25, 0.3) is 0 Å². The summed E-state index contributed by atoms with van der Waals surface area (Å²) < 4.78 is 41.1. The second-order valence-corrected chi connectivity index (χ2v) is 7.53. The lowest BCUT2D eigenvalue weighted by Crippen LogP contribution is -2.34. The summed E-state index contributed by atoms with van der Waals surface area (Å²) in [4.78, 5) is -0.443. The van der Waals surface area contributed by atoms with E-state index < -0.39 is 27.3 Å². The topological polar surface area (TPSA) is 57.6 Å². The number of aliphatic hydroxyl groups excluding tert-OH is 1. The standard InChI is InChI=1S/C14H19ClFNO3S/c1-2-3-6-17(12-4-5-12)21(19,20)13-8-11(15)7-10(9-18)14(13)16/h7-8,12,18H,2-6,9H2,1H3. The summed E-state index contributed by atoms with van der Waals surface area (Å²) in [6, 6.07) is 2.31. The van der Waals surface area contributed by atoms with Crippen molar-refractivity contribution in [3.8, 4) is 0 Å². The molecule has 0 amide bonds. The van der Waals surface area contributed by atoms with Gasteiger partial charge in [0.2, 0.25) is 10.0 Å². The molecule has 4 nitrogen and oxygen atoms in total. The average Bonchev–Trinajstić information content (AvgIpc) is 3.25. The average molecular weight is 336 g/mol. The number of benzene rings is 1. The molecule has 1 aromatic carbocycles. The fraction of sp³-hybridized carbons (Fsp3) is 0.571. The van der Waals surface area contributed by atoms with Crippen molar-refractivity contribution >= 4 is 21.6 Å². The monoisotopic (exact) mass is 335 g/mol. The van der Waals surface area contributed by atoms with Crippen molar-refractivity contribution in [1.29, 1.82) is 0 Å². The number of hydrogen-bond donors (Lipinski definition) is 1. The third-order valence-corrected chi connectivity index (χ3v) is 5.69. The maximum atomic E-state index is 14.3. The molecular formula is C14H19ClFNO3S. The molecule has 0 heterocycles. The molecule has 0 spiro atoms. The molecule has 1 aliphatic rings. The Morgan fingerprint density at radius 2 is 2.10 bits per heavy atom. The number of halogens is 2. The molecule has 0 bridgehead atoms. The molecule has 1 saturated carbocycles. The number of sulfonamides is 1. The van der Waals surface area contributed by atoms with Crippen molar-refractivity contribution in [2.75, 3.05) is 6.54 Å². The molecule has 1 N–H and O–H groups in total. The van der Waals surface area contributed by atoms with Crippen LogP contribution < -0.4 is 0 Å². The lowest BCUT2D eigenvalue weighted by molar-refractivity contribution is 0.274. The highest BCUT2D eigenvalue weighted by Gasteiger charge is 2.39. The van der Waals surface area contributed by atoms with Crippen LogP contribution in [0.25, 0.3) is 0 Å². The number of rotatable bonds is 7. The summed E-state index contributed by atoms with van der Waals surface area (Å²) in [7, 11) is -3.93. The molecule has 1 fully saturated rings. The predicted octanol–water partition coefficient (Wildman–Crippen LogP) is 2.92. The van der Waals surface area contributed by atoms with E-state index in [-0.39, 0.29) is 16.6 Å². The highest BCUT2D eigenvalue weighted by molar-refractivity contribution is 7.89.